The fourth-order valence-electron chi connectivity index (χ4n) is 4.49. The van der Waals surface area contributed by atoms with Crippen molar-refractivity contribution in [3.05, 3.63) is 41.9 Å². The number of hydrogen-bond acceptors (Lipinski definition) is 7. The van der Waals surface area contributed by atoms with Crippen molar-refractivity contribution in [2.24, 2.45) is 5.92 Å². The van der Waals surface area contributed by atoms with Gasteiger partial charge in [0.2, 0.25) is 10.0 Å². The number of anilines is 1. The smallest absolute Gasteiger partial charge is 0.434 e. The molecular formula is C25H31F3N6O4S. The van der Waals surface area contributed by atoms with Gasteiger partial charge in [0.25, 0.3) is 0 Å². The lowest BCUT2D eigenvalue weighted by Crippen LogP contribution is -2.44. The summed E-state index contributed by atoms with van der Waals surface area (Å²) >= 11 is 0. The molecule has 14 heteroatoms. The summed E-state index contributed by atoms with van der Waals surface area (Å²) in [6.45, 7) is 7.76. The predicted octanol–water partition coefficient (Wildman–Crippen LogP) is 4.23. The number of amides is 1. The Kier molecular flexibility index (Phi) is 7.56. The molecule has 1 unspecified atom stereocenters. The van der Waals surface area contributed by atoms with Gasteiger partial charge in [-0.2, -0.15) is 17.5 Å². The van der Waals surface area contributed by atoms with Gasteiger partial charge >= 0.3 is 12.3 Å². The molecule has 0 bridgehead atoms. The van der Waals surface area contributed by atoms with E-state index in [0.717, 1.165) is 12.6 Å². The number of hydrogen-bond donors (Lipinski definition) is 2. The van der Waals surface area contributed by atoms with Gasteiger partial charge in [-0.05, 0) is 64.2 Å². The number of aryl methyl sites for hydroxylation is 1. The molecule has 0 saturated carbocycles. The molecule has 1 saturated heterocycles. The lowest BCUT2D eigenvalue weighted by Gasteiger charge is -2.32. The molecule has 0 spiro atoms. The second-order valence-electron chi connectivity index (χ2n) is 10.6. The van der Waals surface area contributed by atoms with Gasteiger partial charge in [-0.25, -0.2) is 23.2 Å². The number of sulfonamides is 1. The van der Waals surface area contributed by atoms with Gasteiger partial charge in [-0.1, -0.05) is 6.07 Å². The fraction of sp³-hybridized carbons (Fsp3) is 0.480. The van der Waals surface area contributed by atoms with Crippen LogP contribution in [-0.4, -0.2) is 58.4 Å². The number of piperidine rings is 1. The number of benzene rings is 1. The van der Waals surface area contributed by atoms with E-state index >= 15 is 0 Å². The zero-order chi connectivity index (χ0) is 28.8. The average Bonchev–Trinajstić information content (AvgIpc) is 3.26. The number of alkyl carbamates (subject to hydrolysis) is 1. The molecule has 1 amide bonds. The summed E-state index contributed by atoms with van der Waals surface area (Å²) in [4.78, 5) is 19.5. The van der Waals surface area contributed by atoms with Crippen LogP contribution in [0.5, 0.6) is 0 Å². The third-order valence-electron chi connectivity index (χ3n) is 6.35. The first-order valence-electron chi connectivity index (χ1n) is 12.3. The minimum Gasteiger partial charge on any atom is -0.444 e. The van der Waals surface area contributed by atoms with Crippen LogP contribution in [-0.2, 0) is 20.9 Å². The van der Waals surface area contributed by atoms with Crippen LogP contribution >= 0.6 is 0 Å². The van der Waals surface area contributed by atoms with Gasteiger partial charge in [-0.3, -0.25) is 4.40 Å². The number of alkyl halides is 3. The summed E-state index contributed by atoms with van der Waals surface area (Å²) in [5, 5.41) is 2.70. The first-order valence-corrected chi connectivity index (χ1v) is 13.8. The summed E-state index contributed by atoms with van der Waals surface area (Å²) in [5.41, 5.74) is 5.21. The Hall–Kier alpha value is -3.39. The lowest BCUT2D eigenvalue weighted by molar-refractivity contribution is -0.141. The van der Waals surface area contributed by atoms with Crippen LogP contribution in [0.25, 0.3) is 16.9 Å². The topological polar surface area (TPSA) is 132 Å². The summed E-state index contributed by atoms with van der Waals surface area (Å²) < 4.78 is 75.1. The minimum atomic E-state index is -4.73. The summed E-state index contributed by atoms with van der Waals surface area (Å²) in [6.07, 6.45) is -1.82. The van der Waals surface area contributed by atoms with Gasteiger partial charge in [0.05, 0.1) is 16.8 Å². The van der Waals surface area contributed by atoms with Crippen molar-refractivity contribution in [1.29, 1.82) is 0 Å². The van der Waals surface area contributed by atoms with Crippen LogP contribution in [0.2, 0.25) is 0 Å². The summed E-state index contributed by atoms with van der Waals surface area (Å²) in [6, 6.07) is 4.50. The minimum absolute atomic E-state index is 0.00289. The van der Waals surface area contributed by atoms with E-state index in [1.807, 2.05) is 0 Å². The largest absolute Gasteiger partial charge is 0.444 e. The molecule has 39 heavy (non-hydrogen) atoms. The average molecular weight is 569 g/mol. The highest BCUT2D eigenvalue weighted by molar-refractivity contribution is 7.89. The molecule has 10 nitrogen and oxygen atoms in total. The summed E-state index contributed by atoms with van der Waals surface area (Å²) in [5.74, 6) is -0.502. The van der Waals surface area contributed by atoms with Crippen LogP contribution in [0, 0.1) is 12.8 Å². The van der Waals surface area contributed by atoms with E-state index in [0.29, 0.717) is 24.1 Å². The molecular weight excluding hydrogens is 537 g/mol. The second kappa shape index (κ2) is 10.3. The third-order valence-corrected chi connectivity index (χ3v) is 8.21. The Bertz CT molecular complexity index is 1500. The highest BCUT2D eigenvalue weighted by Crippen LogP contribution is 2.33. The number of carbonyl (C=O) groups is 1. The SMILES string of the molecule is Cc1ccc(S(=O)(=O)N2CCCC(CNC(=O)OC(C)(C)C)C2)cc1-c1cnc2c(N)nc(C(F)(F)F)cn12. The van der Waals surface area contributed by atoms with Gasteiger partial charge in [0, 0.05) is 31.4 Å². The number of imidazole rings is 1. The molecule has 0 aliphatic carbocycles. The molecule has 3 heterocycles. The van der Waals surface area contributed by atoms with Crippen LogP contribution < -0.4 is 11.1 Å². The van der Waals surface area contributed by atoms with E-state index in [4.69, 9.17) is 10.5 Å². The molecule has 0 radical (unpaired) electrons. The number of fused-ring (bicyclic) bond motifs is 1. The van der Waals surface area contributed by atoms with E-state index in [9.17, 15) is 26.4 Å². The molecule has 2 aromatic heterocycles. The molecule has 1 fully saturated rings. The maximum absolute atomic E-state index is 13.6. The number of nitrogens with two attached hydrogens (primary N) is 1. The molecule has 3 aromatic rings. The molecule has 212 valence electrons. The van der Waals surface area contributed by atoms with E-state index in [-0.39, 0.29) is 35.2 Å². The van der Waals surface area contributed by atoms with Gasteiger partial charge in [0.15, 0.2) is 17.2 Å². The maximum atomic E-state index is 13.6. The Labute approximate surface area is 224 Å². The van der Waals surface area contributed by atoms with Crippen molar-refractivity contribution in [1.82, 2.24) is 24.0 Å². The van der Waals surface area contributed by atoms with Crippen molar-refractivity contribution in [2.45, 2.75) is 57.2 Å². The number of halogens is 3. The Morgan fingerprint density at radius 3 is 2.64 bits per heavy atom. The first kappa shape index (κ1) is 28.6. The van der Waals surface area contributed by atoms with E-state index in [2.05, 4.69) is 15.3 Å². The van der Waals surface area contributed by atoms with Gasteiger partial charge in [0.1, 0.15) is 5.60 Å². The third kappa shape index (κ3) is 6.27. The number of nitrogens with zero attached hydrogens (tertiary/aromatic N) is 4. The molecule has 1 aliphatic rings. The molecule has 3 N–H and O–H groups in total. The molecule has 1 atom stereocenters. The fourth-order valence-corrected chi connectivity index (χ4v) is 6.07. The highest BCUT2D eigenvalue weighted by Gasteiger charge is 2.35. The van der Waals surface area contributed by atoms with Crippen molar-refractivity contribution < 1.29 is 31.1 Å². The number of nitrogen functional groups attached to an aromatic ring is 1. The van der Waals surface area contributed by atoms with Crippen LogP contribution in [0.1, 0.15) is 44.9 Å². The van der Waals surface area contributed by atoms with E-state index in [1.165, 1.54) is 27.0 Å². The van der Waals surface area contributed by atoms with Crippen molar-refractivity contribution in [3.63, 3.8) is 0 Å². The predicted molar refractivity (Wildman–Crippen MR) is 138 cm³/mol. The Balaban J connectivity index is 1.61. The quantitative estimate of drug-likeness (QED) is 0.471. The number of ether oxygens (including phenoxy) is 1. The summed E-state index contributed by atoms with van der Waals surface area (Å²) in [7, 11) is -3.94. The number of aromatic nitrogens is 3. The van der Waals surface area contributed by atoms with Crippen LogP contribution in [0.4, 0.5) is 23.8 Å². The van der Waals surface area contributed by atoms with Gasteiger partial charge in [-0.15, -0.1) is 0 Å². The van der Waals surface area contributed by atoms with Crippen LogP contribution in [0.3, 0.4) is 0 Å². The molecule has 1 aliphatic heterocycles. The maximum Gasteiger partial charge on any atom is 0.434 e. The zero-order valence-electron chi connectivity index (χ0n) is 22.0. The Morgan fingerprint density at radius 2 is 1.97 bits per heavy atom. The first-order chi connectivity index (χ1) is 18.1. The van der Waals surface area contributed by atoms with Crippen molar-refractivity contribution in [3.8, 4) is 11.3 Å². The molecule has 4 rings (SSSR count). The normalized spacial score (nSPS) is 17.4. The standard InChI is InChI=1S/C25H31F3N6O4S/c1-15-7-8-17(10-18(15)19-12-30-22-21(29)32-20(14-34(19)22)25(26,27)28)39(36,37)33-9-5-6-16(13-33)11-31-23(35)38-24(2,3)4/h7-8,10,12,14,16H,5-6,9,11,13H2,1-4H3,(H2,29,32)(H,31,35). The number of rotatable bonds is 5. The molecule has 1 aromatic carbocycles. The second-order valence-corrected chi connectivity index (χ2v) is 12.5. The van der Waals surface area contributed by atoms with E-state index < -0.39 is 39.4 Å². The highest BCUT2D eigenvalue weighted by atomic mass is 32.2. The number of nitrogens with one attached hydrogen (secondary N) is 1. The van der Waals surface area contributed by atoms with Crippen molar-refractivity contribution >= 4 is 27.6 Å². The van der Waals surface area contributed by atoms with Crippen molar-refractivity contribution in [2.75, 3.05) is 25.4 Å². The Morgan fingerprint density at radius 1 is 1.26 bits per heavy atom. The van der Waals surface area contributed by atoms with Crippen LogP contribution in [0.15, 0.2) is 35.5 Å². The van der Waals surface area contributed by atoms with Gasteiger partial charge < -0.3 is 15.8 Å². The van der Waals surface area contributed by atoms with E-state index in [1.54, 1.807) is 33.8 Å². The zero-order valence-corrected chi connectivity index (χ0v) is 22.9. The monoisotopic (exact) mass is 568 g/mol. The number of carbonyl (C=O) groups excluding carboxylic acids is 1. The lowest BCUT2D eigenvalue weighted by atomic mass is 10.00.